The molecular weight excluding hydrogens is 311 g/mol. The summed E-state index contributed by atoms with van der Waals surface area (Å²) in [5, 5.41) is 3.80. The van der Waals surface area contributed by atoms with Gasteiger partial charge in [0.05, 0.1) is 0 Å². The molecule has 2 heterocycles. The van der Waals surface area contributed by atoms with E-state index in [0.717, 1.165) is 0 Å². The van der Waals surface area contributed by atoms with E-state index in [1.54, 1.807) is 30.5 Å². The van der Waals surface area contributed by atoms with Crippen molar-refractivity contribution in [2.75, 3.05) is 0 Å². The van der Waals surface area contributed by atoms with Gasteiger partial charge < -0.3 is 9.26 Å². The third-order valence-electron chi connectivity index (χ3n) is 2.85. The molecule has 1 atom stereocenters. The molecule has 0 N–H and O–H groups in total. The Morgan fingerprint density at radius 2 is 1.91 bits per heavy atom. The second kappa shape index (κ2) is 6.47. The Morgan fingerprint density at radius 1 is 1.04 bits per heavy atom. The van der Waals surface area contributed by atoms with Crippen molar-refractivity contribution in [1.82, 2.24) is 15.1 Å². The van der Waals surface area contributed by atoms with Crippen molar-refractivity contribution in [1.29, 1.82) is 0 Å². The first-order valence-corrected chi connectivity index (χ1v) is 6.58. The van der Waals surface area contributed by atoms with Crippen LogP contribution in [0.25, 0.3) is 23.0 Å². The number of halogens is 3. The highest BCUT2D eigenvalue weighted by Crippen LogP contribution is 2.25. The molecule has 0 aliphatic carbocycles. The largest absolute Gasteiger partial charge is 0.454 e. The monoisotopic (exact) mass is 321 g/mol. The second-order valence-electron chi connectivity index (χ2n) is 4.47. The summed E-state index contributed by atoms with van der Waals surface area (Å²) in [5.41, 5.74) is 0.940. The van der Waals surface area contributed by atoms with E-state index in [1.807, 2.05) is 0 Å². The van der Waals surface area contributed by atoms with Crippen LogP contribution in [-0.4, -0.2) is 27.9 Å². The second-order valence-corrected chi connectivity index (χ2v) is 4.47. The zero-order chi connectivity index (χ0) is 16.2. The van der Waals surface area contributed by atoms with Crippen LogP contribution in [-0.2, 0) is 0 Å². The lowest BCUT2D eigenvalue weighted by molar-refractivity contribution is -0.0668. The standard InChI is InChI=1S/C15H10F3N3O2/c16-12(17)13(18)22-10-5-3-4-9(8-10)15-20-14(21-23-15)11-6-1-2-7-19-11/h1-8,12-13H. The molecule has 0 aliphatic rings. The fourth-order valence-electron chi connectivity index (χ4n) is 1.82. The van der Waals surface area contributed by atoms with Gasteiger partial charge in [-0.1, -0.05) is 17.3 Å². The topological polar surface area (TPSA) is 61.0 Å². The fourth-order valence-corrected chi connectivity index (χ4v) is 1.82. The molecule has 3 aromatic rings. The van der Waals surface area contributed by atoms with E-state index in [-0.39, 0.29) is 17.5 Å². The van der Waals surface area contributed by atoms with Crippen molar-refractivity contribution in [3.63, 3.8) is 0 Å². The van der Waals surface area contributed by atoms with Gasteiger partial charge in [0.15, 0.2) is 0 Å². The number of rotatable bonds is 5. The molecule has 1 unspecified atom stereocenters. The summed E-state index contributed by atoms with van der Waals surface area (Å²) in [6.45, 7) is 0. The van der Waals surface area contributed by atoms with E-state index < -0.39 is 12.8 Å². The first-order chi connectivity index (χ1) is 11.1. The lowest BCUT2D eigenvalue weighted by Gasteiger charge is -2.10. The predicted octanol–water partition coefficient (Wildman–Crippen LogP) is 3.74. The Morgan fingerprint density at radius 3 is 2.65 bits per heavy atom. The van der Waals surface area contributed by atoms with Crippen LogP contribution in [0, 0.1) is 0 Å². The molecule has 0 spiro atoms. The molecule has 0 bridgehead atoms. The van der Waals surface area contributed by atoms with E-state index in [1.165, 1.54) is 18.2 Å². The lowest BCUT2D eigenvalue weighted by Crippen LogP contribution is -2.19. The predicted molar refractivity (Wildman–Crippen MR) is 74.5 cm³/mol. The smallest absolute Gasteiger partial charge is 0.304 e. The Labute approximate surface area is 128 Å². The van der Waals surface area contributed by atoms with Crippen LogP contribution in [0.1, 0.15) is 0 Å². The van der Waals surface area contributed by atoms with Crippen LogP contribution in [0.4, 0.5) is 13.2 Å². The molecule has 8 heteroatoms. The van der Waals surface area contributed by atoms with Crippen LogP contribution >= 0.6 is 0 Å². The van der Waals surface area contributed by atoms with Crippen LogP contribution in [0.3, 0.4) is 0 Å². The van der Waals surface area contributed by atoms with Gasteiger partial charge in [-0.3, -0.25) is 4.98 Å². The number of pyridine rings is 1. The summed E-state index contributed by atoms with van der Waals surface area (Å²) in [5.74, 6) is 0.360. The van der Waals surface area contributed by atoms with Gasteiger partial charge in [0.25, 0.3) is 12.2 Å². The maximum atomic E-state index is 12.9. The van der Waals surface area contributed by atoms with E-state index in [2.05, 4.69) is 19.9 Å². The minimum absolute atomic E-state index is 0.0621. The number of hydrogen-bond donors (Lipinski definition) is 0. The Balaban J connectivity index is 1.84. The highest BCUT2D eigenvalue weighted by atomic mass is 19.3. The summed E-state index contributed by atoms with van der Waals surface area (Å²) in [7, 11) is 0. The molecule has 0 saturated carbocycles. The summed E-state index contributed by atoms with van der Waals surface area (Å²) in [4.78, 5) is 8.26. The van der Waals surface area contributed by atoms with Crippen LogP contribution in [0.5, 0.6) is 5.75 Å². The molecular formula is C15H10F3N3O2. The molecule has 118 valence electrons. The van der Waals surface area contributed by atoms with Crippen molar-refractivity contribution in [3.05, 3.63) is 48.7 Å². The first-order valence-electron chi connectivity index (χ1n) is 6.58. The summed E-state index contributed by atoms with van der Waals surface area (Å²) in [6.07, 6.45) is -4.33. The van der Waals surface area contributed by atoms with Gasteiger partial charge in [-0.25, -0.2) is 8.78 Å². The molecule has 0 aliphatic heterocycles. The van der Waals surface area contributed by atoms with Gasteiger partial charge in [0.1, 0.15) is 11.4 Å². The van der Waals surface area contributed by atoms with Crippen LogP contribution in [0.2, 0.25) is 0 Å². The van der Waals surface area contributed by atoms with Gasteiger partial charge >= 0.3 is 6.43 Å². The molecule has 0 radical (unpaired) electrons. The first kappa shape index (κ1) is 15.0. The fraction of sp³-hybridized carbons (Fsp3) is 0.133. The zero-order valence-electron chi connectivity index (χ0n) is 11.6. The third kappa shape index (κ3) is 3.47. The SMILES string of the molecule is FC(F)C(F)Oc1cccc(-c2nc(-c3ccccn3)no2)c1. The van der Waals surface area contributed by atoms with E-state index in [4.69, 9.17) is 4.52 Å². The highest BCUT2D eigenvalue weighted by molar-refractivity contribution is 5.59. The maximum absolute atomic E-state index is 12.9. The Bertz CT molecular complexity index is 780. The van der Waals surface area contributed by atoms with Crippen LogP contribution < -0.4 is 4.74 Å². The van der Waals surface area contributed by atoms with Crippen molar-refractivity contribution < 1.29 is 22.4 Å². The molecule has 0 fully saturated rings. The average Bonchev–Trinajstić information content (AvgIpc) is 3.06. The maximum Gasteiger partial charge on any atom is 0.304 e. The van der Waals surface area contributed by atoms with Crippen LogP contribution in [0.15, 0.2) is 53.2 Å². The van der Waals surface area contributed by atoms with E-state index >= 15 is 0 Å². The third-order valence-corrected chi connectivity index (χ3v) is 2.85. The molecule has 23 heavy (non-hydrogen) atoms. The summed E-state index contributed by atoms with van der Waals surface area (Å²) >= 11 is 0. The van der Waals surface area contributed by atoms with Crippen molar-refractivity contribution in [2.24, 2.45) is 0 Å². The average molecular weight is 321 g/mol. The Kier molecular flexibility index (Phi) is 4.22. The molecule has 3 rings (SSSR count). The van der Waals surface area contributed by atoms with E-state index in [9.17, 15) is 13.2 Å². The number of hydrogen-bond acceptors (Lipinski definition) is 5. The normalized spacial score (nSPS) is 12.3. The summed E-state index contributed by atoms with van der Waals surface area (Å²) < 4.78 is 46.9. The summed E-state index contributed by atoms with van der Waals surface area (Å²) in [6, 6.07) is 11.1. The Hall–Kier alpha value is -2.90. The number of ether oxygens (including phenoxy) is 1. The van der Waals surface area contributed by atoms with E-state index in [0.29, 0.717) is 11.3 Å². The minimum atomic E-state index is -3.22. The van der Waals surface area contributed by atoms with Crippen molar-refractivity contribution >= 4 is 0 Å². The van der Waals surface area contributed by atoms with Gasteiger partial charge in [-0.2, -0.15) is 9.37 Å². The quantitative estimate of drug-likeness (QED) is 0.716. The van der Waals surface area contributed by atoms with Gasteiger partial charge in [-0.05, 0) is 30.3 Å². The number of aromatic nitrogens is 3. The molecule has 1 aromatic carbocycles. The zero-order valence-corrected chi connectivity index (χ0v) is 11.6. The van der Waals surface area contributed by atoms with Gasteiger partial charge in [-0.15, -0.1) is 0 Å². The van der Waals surface area contributed by atoms with Gasteiger partial charge in [0, 0.05) is 11.8 Å². The molecule has 2 aromatic heterocycles. The molecule has 0 saturated heterocycles. The number of nitrogens with zero attached hydrogens (tertiary/aromatic N) is 3. The number of benzene rings is 1. The molecule has 0 amide bonds. The van der Waals surface area contributed by atoms with Crippen molar-refractivity contribution in [2.45, 2.75) is 12.8 Å². The lowest BCUT2D eigenvalue weighted by atomic mass is 10.2. The minimum Gasteiger partial charge on any atom is -0.454 e. The van der Waals surface area contributed by atoms with Gasteiger partial charge in [0.2, 0.25) is 5.82 Å². The highest BCUT2D eigenvalue weighted by Gasteiger charge is 2.21. The number of alkyl halides is 3. The molecule has 5 nitrogen and oxygen atoms in total. The van der Waals surface area contributed by atoms with Crippen molar-refractivity contribution in [3.8, 4) is 28.7 Å².